The molecule has 2 aliphatic heterocycles. The average Bonchev–Trinajstić information content (AvgIpc) is 3.32. The minimum absolute atomic E-state index is 0.0936. The van der Waals surface area contributed by atoms with Gasteiger partial charge in [-0.3, -0.25) is 14.5 Å². The second-order valence-electron chi connectivity index (χ2n) is 8.24. The fourth-order valence-electron chi connectivity index (χ4n) is 5.06. The molecule has 0 unspecified atom stereocenters. The first kappa shape index (κ1) is 19.0. The van der Waals surface area contributed by atoms with Gasteiger partial charge in [-0.25, -0.2) is 4.79 Å². The van der Waals surface area contributed by atoms with Crippen molar-refractivity contribution in [2.45, 2.75) is 57.5 Å². The molecule has 0 bridgehead atoms. The third-order valence-corrected chi connectivity index (χ3v) is 6.73. The zero-order chi connectivity index (χ0) is 19.7. The molecular formula is C22H29N3O3. The topological polar surface area (TPSA) is 60.9 Å². The highest BCUT2D eigenvalue weighted by molar-refractivity contribution is 6.07. The van der Waals surface area contributed by atoms with E-state index in [1.165, 1.54) is 4.90 Å². The van der Waals surface area contributed by atoms with E-state index in [1.807, 2.05) is 42.2 Å². The van der Waals surface area contributed by atoms with E-state index in [2.05, 4.69) is 0 Å². The van der Waals surface area contributed by atoms with Gasteiger partial charge in [-0.1, -0.05) is 43.2 Å². The van der Waals surface area contributed by atoms with Crippen molar-refractivity contribution < 1.29 is 14.4 Å². The van der Waals surface area contributed by atoms with Crippen LogP contribution in [0.2, 0.25) is 0 Å². The van der Waals surface area contributed by atoms with E-state index in [-0.39, 0.29) is 23.8 Å². The Morgan fingerprint density at radius 3 is 2.32 bits per heavy atom. The number of hydrogen-bond donors (Lipinski definition) is 0. The molecule has 0 aromatic heterocycles. The van der Waals surface area contributed by atoms with Crippen molar-refractivity contribution in [1.82, 2.24) is 14.7 Å². The molecule has 150 valence electrons. The standard InChI is InChI=1S/C22H29N3O3/c1-2-24-20(27)22(25(21(24)28)16-17-8-4-3-5-9-17)12-14-23(15-13-22)19(26)18-10-6-7-11-18/h3-5,8-9,18H,2,6-7,10-16H2,1H3. The van der Waals surface area contributed by atoms with Gasteiger partial charge in [0.25, 0.3) is 5.91 Å². The molecule has 2 saturated heterocycles. The van der Waals surface area contributed by atoms with Gasteiger partial charge in [0.05, 0.1) is 0 Å². The minimum Gasteiger partial charge on any atom is -0.342 e. The number of amides is 4. The Balaban J connectivity index is 1.54. The van der Waals surface area contributed by atoms with Gasteiger partial charge >= 0.3 is 6.03 Å². The molecule has 3 aliphatic rings. The summed E-state index contributed by atoms with van der Waals surface area (Å²) < 4.78 is 0. The van der Waals surface area contributed by atoms with Crippen molar-refractivity contribution in [3.8, 4) is 0 Å². The molecule has 1 saturated carbocycles. The molecule has 6 nitrogen and oxygen atoms in total. The van der Waals surface area contributed by atoms with Crippen LogP contribution in [0, 0.1) is 5.92 Å². The molecule has 1 spiro atoms. The quantitative estimate of drug-likeness (QED) is 0.751. The second kappa shape index (κ2) is 7.57. The number of carbonyl (C=O) groups is 3. The number of nitrogens with zero attached hydrogens (tertiary/aromatic N) is 3. The number of imide groups is 1. The number of likely N-dealkylation sites (N-methyl/N-ethyl adjacent to an activating group) is 1. The van der Waals surface area contributed by atoms with Crippen molar-refractivity contribution in [2.75, 3.05) is 19.6 Å². The monoisotopic (exact) mass is 383 g/mol. The molecule has 6 heteroatoms. The lowest BCUT2D eigenvalue weighted by atomic mass is 9.85. The molecule has 0 atom stereocenters. The van der Waals surface area contributed by atoms with E-state index in [0.29, 0.717) is 39.0 Å². The average molecular weight is 383 g/mol. The van der Waals surface area contributed by atoms with Crippen molar-refractivity contribution in [3.63, 3.8) is 0 Å². The van der Waals surface area contributed by atoms with Crippen LogP contribution in [0.3, 0.4) is 0 Å². The first-order chi connectivity index (χ1) is 13.6. The fourth-order valence-corrected chi connectivity index (χ4v) is 5.06. The van der Waals surface area contributed by atoms with Gasteiger partial charge < -0.3 is 9.80 Å². The van der Waals surface area contributed by atoms with Crippen LogP contribution in [0.25, 0.3) is 0 Å². The summed E-state index contributed by atoms with van der Waals surface area (Å²) in [6.07, 6.45) is 5.30. The second-order valence-corrected chi connectivity index (χ2v) is 8.24. The summed E-state index contributed by atoms with van der Waals surface area (Å²) in [5, 5.41) is 0. The summed E-state index contributed by atoms with van der Waals surface area (Å²) in [6.45, 7) is 3.76. The van der Waals surface area contributed by atoms with Crippen LogP contribution in [0.5, 0.6) is 0 Å². The number of likely N-dealkylation sites (tertiary alicyclic amines) is 1. The van der Waals surface area contributed by atoms with Gasteiger partial charge in [0.1, 0.15) is 5.54 Å². The Bertz CT molecular complexity index is 750. The Kier molecular flexibility index (Phi) is 5.13. The summed E-state index contributed by atoms with van der Waals surface area (Å²) in [7, 11) is 0. The minimum atomic E-state index is -0.810. The zero-order valence-electron chi connectivity index (χ0n) is 16.6. The lowest BCUT2D eigenvalue weighted by Crippen LogP contribution is -2.57. The molecule has 4 amide bonds. The maximum absolute atomic E-state index is 13.2. The zero-order valence-corrected chi connectivity index (χ0v) is 16.6. The summed E-state index contributed by atoms with van der Waals surface area (Å²) >= 11 is 0. The smallest absolute Gasteiger partial charge is 0.327 e. The highest BCUT2D eigenvalue weighted by Crippen LogP contribution is 2.39. The van der Waals surface area contributed by atoms with Gasteiger partial charge in [-0.05, 0) is 38.2 Å². The van der Waals surface area contributed by atoms with E-state index in [0.717, 1.165) is 31.2 Å². The predicted molar refractivity (Wildman–Crippen MR) is 105 cm³/mol. The van der Waals surface area contributed by atoms with Crippen LogP contribution < -0.4 is 0 Å². The highest BCUT2D eigenvalue weighted by atomic mass is 16.2. The van der Waals surface area contributed by atoms with E-state index < -0.39 is 5.54 Å². The van der Waals surface area contributed by atoms with Crippen LogP contribution in [-0.4, -0.2) is 57.7 Å². The van der Waals surface area contributed by atoms with Gasteiger partial charge in [-0.2, -0.15) is 0 Å². The van der Waals surface area contributed by atoms with E-state index in [4.69, 9.17) is 0 Å². The number of hydrogen-bond acceptors (Lipinski definition) is 3. The Morgan fingerprint density at radius 2 is 1.71 bits per heavy atom. The van der Waals surface area contributed by atoms with Crippen molar-refractivity contribution in [1.29, 1.82) is 0 Å². The molecule has 2 heterocycles. The van der Waals surface area contributed by atoms with Gasteiger partial charge in [0.2, 0.25) is 5.91 Å². The molecule has 1 aromatic rings. The largest absolute Gasteiger partial charge is 0.342 e. The van der Waals surface area contributed by atoms with Crippen LogP contribution in [0.15, 0.2) is 30.3 Å². The maximum atomic E-state index is 13.2. The van der Waals surface area contributed by atoms with E-state index >= 15 is 0 Å². The summed E-state index contributed by atoms with van der Waals surface area (Å²) in [6, 6.07) is 9.61. The first-order valence-corrected chi connectivity index (χ1v) is 10.5. The van der Waals surface area contributed by atoms with E-state index in [9.17, 15) is 14.4 Å². The number of benzene rings is 1. The molecule has 1 aromatic carbocycles. The Morgan fingerprint density at radius 1 is 1.07 bits per heavy atom. The van der Waals surface area contributed by atoms with Gasteiger partial charge in [0.15, 0.2) is 0 Å². The van der Waals surface area contributed by atoms with E-state index in [1.54, 1.807) is 4.90 Å². The van der Waals surface area contributed by atoms with Gasteiger partial charge in [0, 0.05) is 32.1 Å². The normalized spacial score (nSPS) is 22.5. The molecule has 1 aliphatic carbocycles. The lowest BCUT2D eigenvalue weighted by molar-refractivity contribution is -0.143. The lowest BCUT2D eigenvalue weighted by Gasteiger charge is -2.42. The maximum Gasteiger partial charge on any atom is 0.327 e. The number of rotatable bonds is 4. The number of urea groups is 1. The van der Waals surface area contributed by atoms with Crippen LogP contribution in [-0.2, 0) is 16.1 Å². The van der Waals surface area contributed by atoms with Crippen LogP contribution in [0.1, 0.15) is 51.0 Å². The Hall–Kier alpha value is -2.37. The fraction of sp³-hybridized carbons (Fsp3) is 0.591. The summed E-state index contributed by atoms with van der Waals surface area (Å²) in [4.78, 5) is 44.1. The highest BCUT2D eigenvalue weighted by Gasteiger charge is 2.57. The van der Waals surface area contributed by atoms with Crippen LogP contribution >= 0.6 is 0 Å². The molecular weight excluding hydrogens is 354 g/mol. The third kappa shape index (κ3) is 3.09. The van der Waals surface area contributed by atoms with Crippen molar-refractivity contribution in [2.24, 2.45) is 5.92 Å². The molecule has 0 radical (unpaired) electrons. The third-order valence-electron chi connectivity index (χ3n) is 6.73. The number of carbonyl (C=O) groups excluding carboxylic acids is 3. The molecule has 0 N–H and O–H groups in total. The molecule has 28 heavy (non-hydrogen) atoms. The van der Waals surface area contributed by atoms with Gasteiger partial charge in [-0.15, -0.1) is 0 Å². The Labute approximate surface area is 166 Å². The first-order valence-electron chi connectivity index (χ1n) is 10.5. The molecule has 3 fully saturated rings. The molecule has 4 rings (SSSR count). The SMILES string of the molecule is CCN1C(=O)N(Cc2ccccc2)C2(CCN(C(=O)C3CCCC3)CC2)C1=O. The summed E-state index contributed by atoms with van der Waals surface area (Å²) in [5.74, 6) is 0.303. The predicted octanol–water partition coefficient (Wildman–Crippen LogP) is 3.02. The van der Waals surface area contributed by atoms with Crippen molar-refractivity contribution in [3.05, 3.63) is 35.9 Å². The number of piperidine rings is 1. The summed E-state index contributed by atoms with van der Waals surface area (Å²) in [5.41, 5.74) is 0.209. The van der Waals surface area contributed by atoms with Crippen LogP contribution in [0.4, 0.5) is 4.79 Å². The van der Waals surface area contributed by atoms with Crippen molar-refractivity contribution >= 4 is 17.8 Å².